The van der Waals surface area contributed by atoms with E-state index in [1.807, 2.05) is 38.1 Å². The van der Waals surface area contributed by atoms with Gasteiger partial charge in [0.15, 0.2) is 17.5 Å². The number of para-hydroxylation sites is 2. The van der Waals surface area contributed by atoms with Crippen molar-refractivity contribution in [2.75, 3.05) is 39.0 Å². The Kier molecular flexibility index (Phi) is 11.8. The predicted octanol–water partition coefficient (Wildman–Crippen LogP) is 2.45. The van der Waals surface area contributed by atoms with E-state index in [0.29, 0.717) is 31.1 Å². The van der Waals surface area contributed by atoms with Crippen LogP contribution in [0.4, 0.5) is 0 Å². The molecule has 0 saturated carbocycles. The summed E-state index contributed by atoms with van der Waals surface area (Å²) in [5, 5.41) is 6.68. The van der Waals surface area contributed by atoms with Crippen LogP contribution in [0.3, 0.4) is 0 Å². The number of hydrogen-bond donors (Lipinski definition) is 2. The number of ether oxygens (including phenoxy) is 2. The van der Waals surface area contributed by atoms with Crippen molar-refractivity contribution in [1.29, 1.82) is 0 Å². The lowest BCUT2D eigenvalue weighted by Gasteiger charge is -2.32. The van der Waals surface area contributed by atoms with Crippen LogP contribution < -0.4 is 20.1 Å². The number of nitrogens with zero attached hydrogens (tertiary/aromatic N) is 2. The summed E-state index contributed by atoms with van der Waals surface area (Å²) in [5.74, 6) is 2.27. The molecular weight excluding hydrogens is 519 g/mol. The van der Waals surface area contributed by atoms with Crippen LogP contribution >= 0.6 is 24.0 Å². The van der Waals surface area contributed by atoms with E-state index >= 15 is 0 Å². The fourth-order valence-electron chi connectivity index (χ4n) is 3.16. The zero-order valence-corrected chi connectivity index (χ0v) is 21.4. The van der Waals surface area contributed by atoms with Gasteiger partial charge < -0.3 is 20.1 Å². The van der Waals surface area contributed by atoms with Crippen molar-refractivity contribution >= 4 is 40.0 Å². The minimum absolute atomic E-state index is 0. The van der Waals surface area contributed by atoms with E-state index in [0.717, 1.165) is 25.3 Å². The molecule has 0 amide bonds. The van der Waals surface area contributed by atoms with Crippen LogP contribution in [-0.2, 0) is 10.0 Å². The molecular formula is C20H35IN4O4S. The molecule has 172 valence electrons. The van der Waals surface area contributed by atoms with E-state index in [9.17, 15) is 8.42 Å². The highest BCUT2D eigenvalue weighted by Crippen LogP contribution is 2.26. The van der Waals surface area contributed by atoms with Crippen molar-refractivity contribution in [1.82, 2.24) is 14.9 Å². The molecule has 1 aromatic carbocycles. The van der Waals surface area contributed by atoms with E-state index in [1.165, 1.54) is 0 Å². The van der Waals surface area contributed by atoms with E-state index in [1.54, 1.807) is 18.3 Å². The summed E-state index contributed by atoms with van der Waals surface area (Å²) in [5.41, 5.74) is 0. The summed E-state index contributed by atoms with van der Waals surface area (Å²) in [6.07, 6.45) is 1.40. The number of benzene rings is 1. The molecule has 1 aliphatic rings. The van der Waals surface area contributed by atoms with Gasteiger partial charge in [0.25, 0.3) is 0 Å². The first-order valence-electron chi connectivity index (χ1n) is 10.2. The highest BCUT2D eigenvalue weighted by molar-refractivity contribution is 14.0. The summed E-state index contributed by atoms with van der Waals surface area (Å²) >= 11 is 0. The number of nitrogens with one attached hydrogen (secondary N) is 2. The highest BCUT2D eigenvalue weighted by atomic mass is 127. The highest BCUT2D eigenvalue weighted by Gasteiger charge is 2.27. The molecule has 1 aromatic rings. The molecule has 0 aliphatic carbocycles. The van der Waals surface area contributed by atoms with Gasteiger partial charge in [-0.2, -0.15) is 0 Å². The molecule has 1 saturated heterocycles. The largest absolute Gasteiger partial charge is 0.493 e. The predicted molar refractivity (Wildman–Crippen MR) is 132 cm³/mol. The van der Waals surface area contributed by atoms with Gasteiger partial charge >= 0.3 is 0 Å². The quantitative estimate of drug-likeness (QED) is 0.277. The van der Waals surface area contributed by atoms with Crippen molar-refractivity contribution < 1.29 is 17.9 Å². The summed E-state index contributed by atoms with van der Waals surface area (Å²) in [6, 6.07) is 7.74. The molecule has 2 rings (SSSR count). The average molecular weight is 554 g/mol. The first-order valence-corrected chi connectivity index (χ1v) is 11.8. The molecule has 1 unspecified atom stereocenters. The zero-order valence-electron chi connectivity index (χ0n) is 18.3. The van der Waals surface area contributed by atoms with E-state index in [2.05, 4.69) is 15.6 Å². The third-order valence-corrected chi connectivity index (χ3v) is 6.68. The van der Waals surface area contributed by atoms with Crippen LogP contribution in [0.15, 0.2) is 29.3 Å². The topological polar surface area (TPSA) is 92.3 Å². The van der Waals surface area contributed by atoms with Crippen LogP contribution in [0.1, 0.15) is 33.6 Å². The van der Waals surface area contributed by atoms with Gasteiger partial charge in [-0.05, 0) is 45.7 Å². The average Bonchev–Trinajstić information content (AvgIpc) is 2.73. The maximum atomic E-state index is 12.0. The van der Waals surface area contributed by atoms with Crippen molar-refractivity contribution in [3.63, 3.8) is 0 Å². The lowest BCUT2D eigenvalue weighted by Crippen LogP contribution is -2.50. The second-order valence-electron chi connectivity index (χ2n) is 7.02. The second-order valence-corrected chi connectivity index (χ2v) is 9.27. The molecule has 8 nitrogen and oxygen atoms in total. The van der Waals surface area contributed by atoms with Crippen LogP contribution in [-0.4, -0.2) is 69.9 Å². The molecule has 1 heterocycles. The van der Waals surface area contributed by atoms with Gasteiger partial charge in [0.1, 0.15) is 6.10 Å². The van der Waals surface area contributed by atoms with Gasteiger partial charge in [-0.25, -0.2) is 17.7 Å². The normalized spacial score (nSPS) is 17.0. The molecule has 30 heavy (non-hydrogen) atoms. The van der Waals surface area contributed by atoms with Gasteiger partial charge in [-0.3, -0.25) is 0 Å². The number of halogens is 1. The van der Waals surface area contributed by atoms with E-state index in [-0.39, 0.29) is 41.9 Å². The molecule has 0 radical (unpaired) electrons. The number of piperidine rings is 1. The number of aliphatic imine (C=N–C) groups is 1. The van der Waals surface area contributed by atoms with Gasteiger partial charge in [0, 0.05) is 25.7 Å². The monoisotopic (exact) mass is 554 g/mol. The van der Waals surface area contributed by atoms with Crippen LogP contribution in [0.25, 0.3) is 0 Å². The van der Waals surface area contributed by atoms with Crippen molar-refractivity contribution in [3.05, 3.63) is 24.3 Å². The lowest BCUT2D eigenvalue weighted by atomic mass is 10.1. The van der Waals surface area contributed by atoms with Crippen LogP contribution in [0, 0.1) is 0 Å². The number of hydrogen-bond acceptors (Lipinski definition) is 5. The molecule has 0 spiro atoms. The Morgan fingerprint density at radius 1 is 1.23 bits per heavy atom. The van der Waals surface area contributed by atoms with Crippen molar-refractivity contribution in [3.8, 4) is 11.5 Å². The summed E-state index contributed by atoms with van der Waals surface area (Å²) in [7, 11) is -1.49. The molecule has 2 N–H and O–H groups in total. The Morgan fingerprint density at radius 3 is 2.43 bits per heavy atom. The van der Waals surface area contributed by atoms with Gasteiger partial charge in [-0.15, -0.1) is 24.0 Å². The summed E-state index contributed by atoms with van der Waals surface area (Å²) < 4.78 is 36.9. The number of methoxy groups -OCH3 is 1. The number of guanidine groups is 1. The first kappa shape index (κ1) is 26.8. The van der Waals surface area contributed by atoms with Gasteiger partial charge in [0.05, 0.1) is 19.4 Å². The fraction of sp³-hybridized carbons (Fsp3) is 0.650. The third kappa shape index (κ3) is 8.10. The molecule has 10 heteroatoms. The number of rotatable bonds is 9. The number of sulfonamides is 1. The lowest BCUT2D eigenvalue weighted by molar-refractivity contribution is 0.219. The van der Waals surface area contributed by atoms with E-state index < -0.39 is 10.0 Å². The molecule has 0 bridgehead atoms. The second kappa shape index (κ2) is 13.2. The fourth-order valence-corrected chi connectivity index (χ4v) is 4.30. The molecule has 1 aliphatic heterocycles. The smallest absolute Gasteiger partial charge is 0.213 e. The Balaban J connectivity index is 0.00000450. The van der Waals surface area contributed by atoms with Gasteiger partial charge in [0.2, 0.25) is 10.0 Å². The maximum Gasteiger partial charge on any atom is 0.213 e. The summed E-state index contributed by atoms with van der Waals surface area (Å²) in [4.78, 5) is 4.64. The van der Waals surface area contributed by atoms with Crippen molar-refractivity contribution in [2.45, 2.75) is 45.8 Å². The summed E-state index contributed by atoms with van der Waals surface area (Å²) in [6.45, 7) is 7.98. The Bertz CT molecular complexity index is 768. The van der Waals surface area contributed by atoms with Crippen molar-refractivity contribution in [2.24, 2.45) is 4.99 Å². The standard InChI is InChI=1S/C20H34N4O4S.HI/c1-5-21-20(23-17-11-13-24(14-12-17)29(25,26)6-2)22-15-16(3)28-19-10-8-7-9-18(19)27-4;/h7-10,16-17H,5-6,11-15H2,1-4H3,(H2,21,22,23);1H. The van der Waals surface area contributed by atoms with Gasteiger partial charge in [-0.1, -0.05) is 12.1 Å². The Morgan fingerprint density at radius 2 is 1.87 bits per heavy atom. The Labute approximate surface area is 197 Å². The maximum absolute atomic E-state index is 12.0. The zero-order chi connectivity index (χ0) is 21.3. The minimum Gasteiger partial charge on any atom is -0.493 e. The Hall–Kier alpha value is -1.27. The van der Waals surface area contributed by atoms with Crippen LogP contribution in [0.2, 0.25) is 0 Å². The molecule has 1 fully saturated rings. The minimum atomic E-state index is -3.11. The third-order valence-electron chi connectivity index (χ3n) is 4.80. The first-order chi connectivity index (χ1) is 13.9. The van der Waals surface area contributed by atoms with E-state index in [4.69, 9.17) is 9.47 Å². The SMILES string of the molecule is CCNC(=NCC(C)Oc1ccccc1OC)NC1CCN(S(=O)(=O)CC)CC1.I. The van der Waals surface area contributed by atoms with Crippen LogP contribution in [0.5, 0.6) is 11.5 Å². The molecule has 0 aromatic heterocycles. The molecule has 1 atom stereocenters.